The van der Waals surface area contributed by atoms with E-state index in [9.17, 15) is 4.79 Å². The van der Waals surface area contributed by atoms with Gasteiger partial charge in [0.05, 0.1) is 37.5 Å². The predicted molar refractivity (Wildman–Crippen MR) is 107 cm³/mol. The summed E-state index contributed by atoms with van der Waals surface area (Å²) < 4.78 is 12.8. The first-order chi connectivity index (χ1) is 13.2. The van der Waals surface area contributed by atoms with Crippen LogP contribution in [-0.2, 0) is 24.8 Å². The number of aromatic nitrogens is 2. The molecule has 1 aromatic rings. The highest BCUT2D eigenvalue weighted by atomic mass is 16.6. The van der Waals surface area contributed by atoms with E-state index in [0.29, 0.717) is 26.2 Å². The number of aliphatic imine (C=N–C) groups is 1. The number of hydrogen-bond acceptors (Lipinski definition) is 7. The van der Waals surface area contributed by atoms with E-state index in [0.717, 1.165) is 36.1 Å². The molecule has 1 aromatic heterocycles. The maximum atomic E-state index is 12.3. The van der Waals surface area contributed by atoms with Gasteiger partial charge in [0.25, 0.3) is 0 Å². The van der Waals surface area contributed by atoms with Crippen LogP contribution in [-0.4, -0.2) is 76.6 Å². The van der Waals surface area contributed by atoms with E-state index in [1.54, 1.807) is 16.7 Å². The van der Waals surface area contributed by atoms with Gasteiger partial charge in [0, 0.05) is 26.7 Å². The van der Waals surface area contributed by atoms with Crippen LogP contribution < -0.4 is 10.1 Å². The summed E-state index contributed by atoms with van der Waals surface area (Å²) in [5.41, 5.74) is 1.61. The van der Waals surface area contributed by atoms with E-state index in [1.165, 1.54) is 0 Å². The average Bonchev–Trinajstić information content (AvgIpc) is 3.17. The summed E-state index contributed by atoms with van der Waals surface area (Å²) in [4.78, 5) is 21.0. The Balaban J connectivity index is 1.59. The molecule has 156 valence electrons. The fraction of sp³-hybridized carbons (Fsp3) is 0.737. The molecule has 9 heteroatoms. The van der Waals surface area contributed by atoms with Gasteiger partial charge in [-0.1, -0.05) is 6.92 Å². The van der Waals surface area contributed by atoms with Crippen molar-refractivity contribution in [1.82, 2.24) is 24.9 Å². The van der Waals surface area contributed by atoms with Crippen molar-refractivity contribution in [3.8, 4) is 5.88 Å². The highest BCUT2D eigenvalue weighted by Crippen LogP contribution is 2.23. The Morgan fingerprint density at radius 3 is 2.71 bits per heavy atom. The van der Waals surface area contributed by atoms with Crippen molar-refractivity contribution in [1.29, 1.82) is 0 Å². The van der Waals surface area contributed by atoms with E-state index >= 15 is 0 Å². The first kappa shape index (κ1) is 20.3. The zero-order valence-electron chi connectivity index (χ0n) is 17.8. The van der Waals surface area contributed by atoms with Crippen molar-refractivity contribution in [2.75, 3.05) is 33.3 Å². The molecule has 0 radical (unpaired) electrons. The Hall–Kier alpha value is -2.45. The molecule has 0 spiro atoms. The molecule has 0 saturated carbocycles. The molecule has 1 saturated heterocycles. The minimum atomic E-state index is -0.479. The third-order valence-electron chi connectivity index (χ3n) is 4.98. The van der Waals surface area contributed by atoms with E-state index < -0.39 is 5.60 Å². The van der Waals surface area contributed by atoms with Crippen molar-refractivity contribution in [3.05, 3.63) is 11.3 Å². The van der Waals surface area contributed by atoms with Gasteiger partial charge in [-0.05, 0) is 27.2 Å². The van der Waals surface area contributed by atoms with E-state index in [4.69, 9.17) is 9.47 Å². The minimum Gasteiger partial charge on any atom is -0.481 e. The highest BCUT2D eigenvalue weighted by molar-refractivity contribution is 5.82. The van der Waals surface area contributed by atoms with Crippen LogP contribution in [0.4, 0.5) is 4.79 Å². The van der Waals surface area contributed by atoms with Gasteiger partial charge in [0.15, 0.2) is 5.96 Å². The molecule has 2 aliphatic rings. The van der Waals surface area contributed by atoms with Crippen molar-refractivity contribution in [3.63, 3.8) is 0 Å². The molecule has 0 aliphatic carbocycles. The Kier molecular flexibility index (Phi) is 5.71. The number of guanidine groups is 1. The van der Waals surface area contributed by atoms with Gasteiger partial charge >= 0.3 is 6.09 Å². The average molecular weight is 393 g/mol. The van der Waals surface area contributed by atoms with Gasteiger partial charge in [-0.15, -0.1) is 0 Å². The SMILES string of the molecule is CCc1nn(C)c(OC)c1CNC1=NCC2CN(C(=O)OC(C)(C)C)CCN12. The molecule has 0 bridgehead atoms. The van der Waals surface area contributed by atoms with Crippen LogP contribution in [0.2, 0.25) is 0 Å². The van der Waals surface area contributed by atoms with Crippen molar-refractivity contribution in [2.45, 2.75) is 52.3 Å². The van der Waals surface area contributed by atoms with Crippen LogP contribution in [0.5, 0.6) is 5.88 Å². The van der Waals surface area contributed by atoms with Crippen LogP contribution in [0.15, 0.2) is 4.99 Å². The summed E-state index contributed by atoms with van der Waals surface area (Å²) in [5, 5.41) is 7.98. The first-order valence-corrected chi connectivity index (χ1v) is 9.85. The minimum absolute atomic E-state index is 0.185. The molecule has 1 fully saturated rings. The molecule has 1 unspecified atom stereocenters. The van der Waals surface area contributed by atoms with E-state index in [1.807, 2.05) is 27.8 Å². The molecular formula is C19H32N6O3. The molecule has 3 heterocycles. The summed E-state index contributed by atoms with van der Waals surface area (Å²) in [7, 11) is 3.56. The van der Waals surface area contributed by atoms with Crippen molar-refractivity contribution >= 4 is 12.1 Å². The van der Waals surface area contributed by atoms with Gasteiger partial charge in [0.2, 0.25) is 5.88 Å². The Labute approximate surface area is 166 Å². The van der Waals surface area contributed by atoms with Crippen LogP contribution in [0, 0.1) is 0 Å². The summed E-state index contributed by atoms with van der Waals surface area (Å²) >= 11 is 0. The summed E-state index contributed by atoms with van der Waals surface area (Å²) in [6, 6.07) is 0.185. The number of hydrogen-bond donors (Lipinski definition) is 1. The Morgan fingerprint density at radius 2 is 2.07 bits per heavy atom. The number of amides is 1. The summed E-state index contributed by atoms with van der Waals surface area (Å²) in [6.07, 6.45) is 0.596. The molecule has 1 amide bonds. The van der Waals surface area contributed by atoms with Crippen LogP contribution >= 0.6 is 0 Å². The largest absolute Gasteiger partial charge is 0.481 e. The van der Waals surface area contributed by atoms with E-state index in [2.05, 4.69) is 27.2 Å². The molecule has 2 aliphatic heterocycles. The third kappa shape index (κ3) is 4.18. The lowest BCUT2D eigenvalue weighted by Gasteiger charge is -2.39. The summed E-state index contributed by atoms with van der Waals surface area (Å²) in [5.74, 6) is 1.65. The Bertz CT molecular complexity index is 752. The number of methoxy groups -OCH3 is 1. The fourth-order valence-corrected chi connectivity index (χ4v) is 3.71. The number of rotatable bonds is 4. The number of nitrogens with zero attached hydrogens (tertiary/aromatic N) is 5. The monoisotopic (exact) mass is 392 g/mol. The van der Waals surface area contributed by atoms with Crippen molar-refractivity contribution in [2.24, 2.45) is 12.0 Å². The maximum Gasteiger partial charge on any atom is 0.410 e. The van der Waals surface area contributed by atoms with Gasteiger partial charge in [-0.3, -0.25) is 4.99 Å². The fourth-order valence-electron chi connectivity index (χ4n) is 3.71. The van der Waals surface area contributed by atoms with Crippen LogP contribution in [0.25, 0.3) is 0 Å². The van der Waals surface area contributed by atoms with E-state index in [-0.39, 0.29) is 12.1 Å². The second-order valence-corrected chi connectivity index (χ2v) is 8.20. The van der Waals surface area contributed by atoms with Gasteiger partial charge in [-0.2, -0.15) is 5.10 Å². The standard InChI is InChI=1S/C19H32N6O3/c1-7-15-14(16(27-6)23(5)22-15)11-21-17-20-10-13-12-24(8-9-25(13)17)18(26)28-19(2,3)4/h13H,7-12H2,1-6H3,(H,20,21). The zero-order chi connectivity index (χ0) is 20.5. The normalized spacial score (nSPS) is 19.4. The Morgan fingerprint density at radius 1 is 1.32 bits per heavy atom. The molecule has 0 aromatic carbocycles. The molecule has 1 N–H and O–H groups in total. The predicted octanol–water partition coefficient (Wildman–Crippen LogP) is 1.37. The van der Waals surface area contributed by atoms with Crippen LogP contribution in [0.1, 0.15) is 39.0 Å². The third-order valence-corrected chi connectivity index (χ3v) is 4.98. The first-order valence-electron chi connectivity index (χ1n) is 9.85. The maximum absolute atomic E-state index is 12.3. The number of nitrogens with one attached hydrogen (secondary N) is 1. The van der Waals surface area contributed by atoms with Crippen LogP contribution in [0.3, 0.4) is 0 Å². The smallest absolute Gasteiger partial charge is 0.410 e. The number of carbonyl (C=O) groups excluding carboxylic acids is 1. The molecule has 3 rings (SSSR count). The number of fused-ring (bicyclic) bond motifs is 1. The topological polar surface area (TPSA) is 84.2 Å². The molecular weight excluding hydrogens is 360 g/mol. The zero-order valence-corrected chi connectivity index (χ0v) is 17.8. The lowest BCUT2D eigenvalue weighted by Crippen LogP contribution is -2.57. The molecule has 9 nitrogen and oxygen atoms in total. The van der Waals surface area contributed by atoms with Gasteiger partial charge in [0.1, 0.15) is 5.60 Å². The second kappa shape index (κ2) is 7.89. The molecule has 1 atom stereocenters. The quantitative estimate of drug-likeness (QED) is 0.833. The highest BCUT2D eigenvalue weighted by Gasteiger charge is 2.36. The van der Waals surface area contributed by atoms with Crippen molar-refractivity contribution < 1.29 is 14.3 Å². The number of aryl methyl sites for hydroxylation is 2. The number of ether oxygens (including phenoxy) is 2. The molecule has 28 heavy (non-hydrogen) atoms. The second-order valence-electron chi connectivity index (χ2n) is 8.20. The van der Waals surface area contributed by atoms with Gasteiger partial charge < -0.3 is 24.6 Å². The number of carbonyl (C=O) groups is 1. The summed E-state index contributed by atoms with van der Waals surface area (Å²) in [6.45, 7) is 11.0. The lowest BCUT2D eigenvalue weighted by atomic mass is 10.2. The van der Waals surface area contributed by atoms with Gasteiger partial charge in [-0.25, -0.2) is 9.48 Å². The lowest BCUT2D eigenvalue weighted by molar-refractivity contribution is 0.0137. The number of piperazine rings is 1.